The summed E-state index contributed by atoms with van der Waals surface area (Å²) in [4.78, 5) is 0. The molecule has 1 rings (SSSR count). The summed E-state index contributed by atoms with van der Waals surface area (Å²) in [5.74, 6) is 1.87. The molecule has 0 amide bonds. The van der Waals surface area contributed by atoms with Crippen LogP contribution in [0.3, 0.4) is 0 Å². The first-order valence-electron chi connectivity index (χ1n) is 4.55. The standard InChI is InChI=1S/C10H18/c1-3-9-7-5-6-8-10(9)4-2/h5,7,9-10H,3-4,6,8H2,1-2H3. The molecule has 0 aliphatic heterocycles. The molecule has 0 aromatic carbocycles. The van der Waals surface area contributed by atoms with Crippen molar-refractivity contribution in [3.63, 3.8) is 0 Å². The maximum atomic E-state index is 2.41. The number of rotatable bonds is 2. The molecule has 1 aliphatic carbocycles. The van der Waals surface area contributed by atoms with Crippen LogP contribution >= 0.6 is 0 Å². The minimum absolute atomic E-state index is 0.888. The van der Waals surface area contributed by atoms with Crippen LogP contribution in [0.4, 0.5) is 0 Å². The van der Waals surface area contributed by atoms with E-state index in [1.54, 1.807) is 0 Å². The molecule has 0 saturated heterocycles. The Labute approximate surface area is 64.3 Å². The fraction of sp³-hybridized carbons (Fsp3) is 0.800. The topological polar surface area (TPSA) is 0 Å². The van der Waals surface area contributed by atoms with E-state index in [4.69, 9.17) is 0 Å². The number of allylic oxidation sites excluding steroid dienone is 2. The quantitative estimate of drug-likeness (QED) is 0.513. The van der Waals surface area contributed by atoms with Crippen molar-refractivity contribution in [2.75, 3.05) is 0 Å². The summed E-state index contributed by atoms with van der Waals surface area (Å²) in [7, 11) is 0. The van der Waals surface area contributed by atoms with Crippen LogP contribution in [0.25, 0.3) is 0 Å². The maximum absolute atomic E-state index is 2.41. The van der Waals surface area contributed by atoms with E-state index in [-0.39, 0.29) is 0 Å². The van der Waals surface area contributed by atoms with Gasteiger partial charge in [0.05, 0.1) is 0 Å². The number of hydrogen-bond acceptors (Lipinski definition) is 0. The highest BCUT2D eigenvalue weighted by molar-refractivity contribution is 4.95. The Bertz CT molecular complexity index is 113. The molecule has 0 spiro atoms. The third kappa shape index (κ3) is 1.62. The molecule has 0 heteroatoms. The fourth-order valence-corrected chi connectivity index (χ4v) is 1.93. The third-order valence-corrected chi connectivity index (χ3v) is 2.69. The van der Waals surface area contributed by atoms with Crippen molar-refractivity contribution in [1.29, 1.82) is 0 Å². The molecule has 0 aromatic rings. The first-order valence-corrected chi connectivity index (χ1v) is 4.55. The molecular weight excluding hydrogens is 120 g/mol. The summed E-state index contributed by atoms with van der Waals surface area (Å²) in [5, 5.41) is 0. The molecule has 0 N–H and O–H groups in total. The Balaban J connectivity index is 2.47. The molecule has 0 heterocycles. The molecule has 0 bridgehead atoms. The summed E-state index contributed by atoms with van der Waals surface area (Å²) < 4.78 is 0. The van der Waals surface area contributed by atoms with Crippen molar-refractivity contribution < 1.29 is 0 Å². The van der Waals surface area contributed by atoms with Gasteiger partial charge in [-0.15, -0.1) is 0 Å². The zero-order valence-electron chi connectivity index (χ0n) is 7.14. The van der Waals surface area contributed by atoms with Gasteiger partial charge in [-0.25, -0.2) is 0 Å². The summed E-state index contributed by atoms with van der Waals surface area (Å²) in [6.45, 7) is 4.61. The zero-order chi connectivity index (χ0) is 7.40. The van der Waals surface area contributed by atoms with E-state index in [9.17, 15) is 0 Å². The van der Waals surface area contributed by atoms with Crippen LogP contribution < -0.4 is 0 Å². The minimum atomic E-state index is 0.888. The van der Waals surface area contributed by atoms with Crippen molar-refractivity contribution >= 4 is 0 Å². The van der Waals surface area contributed by atoms with Crippen LogP contribution in [0.5, 0.6) is 0 Å². The van der Waals surface area contributed by atoms with Crippen LogP contribution in [0, 0.1) is 11.8 Å². The van der Waals surface area contributed by atoms with E-state index >= 15 is 0 Å². The van der Waals surface area contributed by atoms with Gasteiger partial charge < -0.3 is 0 Å². The van der Waals surface area contributed by atoms with E-state index < -0.39 is 0 Å². The van der Waals surface area contributed by atoms with Gasteiger partial charge in [-0.2, -0.15) is 0 Å². The molecule has 1 aliphatic rings. The maximum Gasteiger partial charge on any atom is -0.0208 e. The van der Waals surface area contributed by atoms with Gasteiger partial charge in [0.1, 0.15) is 0 Å². The van der Waals surface area contributed by atoms with Gasteiger partial charge in [0.2, 0.25) is 0 Å². The fourth-order valence-electron chi connectivity index (χ4n) is 1.93. The molecule has 0 saturated carbocycles. The second kappa shape index (κ2) is 3.80. The minimum Gasteiger partial charge on any atom is -0.0882 e. The first-order chi connectivity index (χ1) is 4.88. The third-order valence-electron chi connectivity index (χ3n) is 2.69. The van der Waals surface area contributed by atoms with E-state index in [1.165, 1.54) is 25.7 Å². The van der Waals surface area contributed by atoms with Crippen LogP contribution in [0.15, 0.2) is 12.2 Å². The van der Waals surface area contributed by atoms with Crippen LogP contribution in [0.2, 0.25) is 0 Å². The summed E-state index contributed by atoms with van der Waals surface area (Å²) >= 11 is 0. The predicted octanol–water partition coefficient (Wildman–Crippen LogP) is 3.39. The summed E-state index contributed by atoms with van der Waals surface area (Å²) in [6, 6.07) is 0. The van der Waals surface area contributed by atoms with Crippen molar-refractivity contribution in [2.24, 2.45) is 11.8 Å². The van der Waals surface area contributed by atoms with E-state index in [0.717, 1.165) is 11.8 Å². The predicted molar refractivity (Wildman–Crippen MR) is 45.9 cm³/mol. The van der Waals surface area contributed by atoms with Crippen molar-refractivity contribution in [2.45, 2.75) is 39.5 Å². The van der Waals surface area contributed by atoms with Gasteiger partial charge in [-0.05, 0) is 31.1 Å². The smallest absolute Gasteiger partial charge is 0.0208 e. The van der Waals surface area contributed by atoms with Gasteiger partial charge in [-0.1, -0.05) is 32.4 Å². The normalized spacial score (nSPS) is 32.6. The Morgan fingerprint density at radius 3 is 2.60 bits per heavy atom. The average molecular weight is 138 g/mol. The molecular formula is C10H18. The van der Waals surface area contributed by atoms with Crippen LogP contribution in [-0.2, 0) is 0 Å². The highest BCUT2D eigenvalue weighted by Gasteiger charge is 2.17. The Kier molecular flexibility index (Phi) is 2.98. The highest BCUT2D eigenvalue weighted by atomic mass is 14.2. The molecule has 0 nitrogen and oxygen atoms in total. The van der Waals surface area contributed by atoms with E-state index in [2.05, 4.69) is 26.0 Å². The van der Waals surface area contributed by atoms with Gasteiger partial charge in [0.15, 0.2) is 0 Å². The Morgan fingerprint density at radius 2 is 2.10 bits per heavy atom. The molecule has 10 heavy (non-hydrogen) atoms. The van der Waals surface area contributed by atoms with E-state index in [1.807, 2.05) is 0 Å². The van der Waals surface area contributed by atoms with Gasteiger partial charge in [0.25, 0.3) is 0 Å². The van der Waals surface area contributed by atoms with Crippen molar-refractivity contribution in [3.05, 3.63) is 12.2 Å². The lowest BCUT2D eigenvalue weighted by molar-refractivity contribution is 0.337. The molecule has 58 valence electrons. The zero-order valence-corrected chi connectivity index (χ0v) is 7.14. The monoisotopic (exact) mass is 138 g/mol. The van der Waals surface area contributed by atoms with Gasteiger partial charge >= 0.3 is 0 Å². The summed E-state index contributed by atoms with van der Waals surface area (Å²) in [5.41, 5.74) is 0. The molecule has 0 aromatic heterocycles. The lowest BCUT2D eigenvalue weighted by Gasteiger charge is -2.25. The molecule has 0 radical (unpaired) electrons. The van der Waals surface area contributed by atoms with Gasteiger partial charge in [-0.3, -0.25) is 0 Å². The SMILES string of the molecule is CCC1C=CCCC1CC. The van der Waals surface area contributed by atoms with Crippen LogP contribution in [-0.4, -0.2) is 0 Å². The van der Waals surface area contributed by atoms with Gasteiger partial charge in [0, 0.05) is 0 Å². The lowest BCUT2D eigenvalue weighted by atomic mass is 9.81. The lowest BCUT2D eigenvalue weighted by Crippen LogP contribution is -2.13. The Hall–Kier alpha value is -0.260. The number of hydrogen-bond donors (Lipinski definition) is 0. The average Bonchev–Trinajstić information content (AvgIpc) is 2.04. The molecule has 2 unspecified atom stereocenters. The van der Waals surface area contributed by atoms with Crippen LogP contribution in [0.1, 0.15) is 39.5 Å². The second-order valence-electron chi connectivity index (χ2n) is 3.25. The Morgan fingerprint density at radius 1 is 1.30 bits per heavy atom. The van der Waals surface area contributed by atoms with Crippen molar-refractivity contribution in [1.82, 2.24) is 0 Å². The first kappa shape index (κ1) is 7.84. The molecule has 2 atom stereocenters. The molecule has 0 fully saturated rings. The largest absolute Gasteiger partial charge is 0.0882 e. The summed E-state index contributed by atoms with van der Waals surface area (Å²) in [6.07, 6.45) is 10.2. The second-order valence-corrected chi connectivity index (χ2v) is 3.25. The van der Waals surface area contributed by atoms with Crippen molar-refractivity contribution in [3.8, 4) is 0 Å². The highest BCUT2D eigenvalue weighted by Crippen LogP contribution is 2.29. The van der Waals surface area contributed by atoms with E-state index in [0.29, 0.717) is 0 Å².